The summed E-state index contributed by atoms with van der Waals surface area (Å²) in [6.07, 6.45) is 8.96. The number of carbonyl (C=O) groups is 1. The zero-order valence-electron chi connectivity index (χ0n) is 34.5. The van der Waals surface area contributed by atoms with Crippen molar-refractivity contribution < 1.29 is 80.6 Å². The zero-order valence-corrected chi connectivity index (χ0v) is 34.5. The van der Waals surface area contributed by atoms with E-state index < -0.39 is 5.97 Å². The van der Waals surface area contributed by atoms with Gasteiger partial charge in [0.15, 0.2) is 30.4 Å². The third-order valence-corrected chi connectivity index (χ3v) is 9.01. The van der Waals surface area contributed by atoms with Gasteiger partial charge in [-0.1, -0.05) is 0 Å². The van der Waals surface area contributed by atoms with Crippen LogP contribution in [0.5, 0.6) is 17.2 Å². The quantitative estimate of drug-likeness (QED) is 0.0711. The van der Waals surface area contributed by atoms with Gasteiger partial charge in [0.2, 0.25) is 5.75 Å². The van der Waals surface area contributed by atoms with Crippen LogP contribution in [0.25, 0.3) is 0 Å². The molecule has 3 aliphatic heterocycles. The minimum absolute atomic E-state index is 0.134. The van der Waals surface area contributed by atoms with E-state index in [0.29, 0.717) is 96.5 Å². The second kappa shape index (κ2) is 32.4. The lowest BCUT2D eigenvalue weighted by Gasteiger charge is -2.22. The summed E-state index contributed by atoms with van der Waals surface area (Å²) < 4.78 is 91.0. The Kier molecular flexibility index (Phi) is 27.0. The van der Waals surface area contributed by atoms with Crippen molar-refractivity contribution in [3.63, 3.8) is 0 Å². The van der Waals surface area contributed by atoms with Crippen molar-refractivity contribution in [3.8, 4) is 17.2 Å². The molecule has 0 aromatic heterocycles. The predicted octanol–water partition coefficient (Wildman–Crippen LogP) is 4.34. The molecule has 4 rings (SSSR count). The normalized spacial score (nSPS) is 19.8. The molecular formula is C41H68O17. The predicted molar refractivity (Wildman–Crippen MR) is 208 cm³/mol. The molecule has 3 aliphatic rings. The second-order valence-electron chi connectivity index (χ2n) is 13.5. The van der Waals surface area contributed by atoms with Crippen LogP contribution in [0, 0.1) is 0 Å². The lowest BCUT2D eigenvalue weighted by Crippen LogP contribution is -2.24. The summed E-state index contributed by atoms with van der Waals surface area (Å²) in [5, 5.41) is 0. The first-order valence-electron chi connectivity index (χ1n) is 21.0. The third kappa shape index (κ3) is 21.7. The highest BCUT2D eigenvalue weighted by Gasteiger charge is 2.20. The fourth-order valence-corrected chi connectivity index (χ4v) is 6.00. The molecule has 1 aromatic rings. The summed E-state index contributed by atoms with van der Waals surface area (Å²) in [7, 11) is 1.31. The molecule has 3 saturated heterocycles. The van der Waals surface area contributed by atoms with Gasteiger partial charge < -0.3 is 75.8 Å². The van der Waals surface area contributed by atoms with Crippen LogP contribution in [-0.2, 0) is 61.6 Å². The van der Waals surface area contributed by atoms with Crippen LogP contribution in [0.15, 0.2) is 12.1 Å². The SMILES string of the molecule is COC(=O)c1cc(OCCOCCOCCOC2CCCCO2)c(OCCOCCOCCOC2CCCCO2)c(OCCOCCOCCOC2CCCCO2)c1. The first-order valence-corrected chi connectivity index (χ1v) is 21.0. The van der Waals surface area contributed by atoms with E-state index in [1.165, 1.54) is 7.11 Å². The van der Waals surface area contributed by atoms with Gasteiger partial charge in [-0.3, -0.25) is 0 Å². The van der Waals surface area contributed by atoms with E-state index in [-0.39, 0.29) is 64.1 Å². The van der Waals surface area contributed by atoms with Crippen LogP contribution in [-0.4, -0.2) is 171 Å². The molecule has 17 heteroatoms. The fourth-order valence-electron chi connectivity index (χ4n) is 6.00. The Morgan fingerprint density at radius 3 is 1.12 bits per heavy atom. The molecule has 0 saturated carbocycles. The average Bonchev–Trinajstić information content (AvgIpc) is 3.26. The Bertz CT molecular complexity index is 1100. The maximum absolute atomic E-state index is 12.6. The van der Waals surface area contributed by atoms with Crippen LogP contribution < -0.4 is 14.2 Å². The van der Waals surface area contributed by atoms with Crippen molar-refractivity contribution in [2.45, 2.75) is 76.7 Å². The summed E-state index contributed by atoms with van der Waals surface area (Å²) in [6.45, 7) is 8.71. The van der Waals surface area contributed by atoms with Crippen LogP contribution in [0.4, 0.5) is 0 Å². The Hall–Kier alpha value is -2.39. The topological polar surface area (TPSA) is 165 Å². The largest absolute Gasteiger partial charge is 0.487 e. The third-order valence-electron chi connectivity index (χ3n) is 9.01. The maximum atomic E-state index is 12.6. The molecule has 17 nitrogen and oxygen atoms in total. The number of esters is 1. The first kappa shape index (κ1) is 48.3. The number of hydrogen-bond donors (Lipinski definition) is 0. The van der Waals surface area contributed by atoms with Crippen LogP contribution in [0.1, 0.15) is 68.1 Å². The van der Waals surface area contributed by atoms with Crippen molar-refractivity contribution >= 4 is 5.97 Å². The Labute approximate surface area is 343 Å². The molecule has 334 valence electrons. The van der Waals surface area contributed by atoms with E-state index in [2.05, 4.69) is 0 Å². The minimum atomic E-state index is -0.555. The molecule has 0 aliphatic carbocycles. The van der Waals surface area contributed by atoms with Gasteiger partial charge in [-0.25, -0.2) is 4.79 Å². The van der Waals surface area contributed by atoms with Crippen LogP contribution >= 0.6 is 0 Å². The number of rotatable bonds is 34. The van der Waals surface area contributed by atoms with E-state index in [9.17, 15) is 4.79 Å². The van der Waals surface area contributed by atoms with E-state index in [4.69, 9.17) is 75.8 Å². The average molecular weight is 833 g/mol. The molecule has 0 spiro atoms. The molecule has 0 radical (unpaired) electrons. The van der Waals surface area contributed by atoms with Crippen LogP contribution in [0.2, 0.25) is 0 Å². The molecule has 3 atom stereocenters. The van der Waals surface area contributed by atoms with Crippen molar-refractivity contribution in [3.05, 3.63) is 17.7 Å². The van der Waals surface area contributed by atoms with Gasteiger partial charge in [-0.05, 0) is 69.9 Å². The van der Waals surface area contributed by atoms with Gasteiger partial charge in [-0.15, -0.1) is 0 Å². The first-order chi connectivity index (χ1) is 28.7. The molecule has 0 bridgehead atoms. The number of methoxy groups -OCH3 is 1. The molecular weight excluding hydrogens is 764 g/mol. The number of ether oxygens (including phenoxy) is 16. The lowest BCUT2D eigenvalue weighted by atomic mass is 10.2. The molecule has 0 amide bonds. The fraction of sp³-hybridized carbons (Fsp3) is 0.829. The van der Waals surface area contributed by atoms with Crippen LogP contribution in [0.3, 0.4) is 0 Å². The lowest BCUT2D eigenvalue weighted by molar-refractivity contribution is -0.169. The number of benzene rings is 1. The second-order valence-corrected chi connectivity index (χ2v) is 13.5. The summed E-state index contributed by atoms with van der Waals surface area (Å²) >= 11 is 0. The van der Waals surface area contributed by atoms with Crippen molar-refractivity contribution in [1.82, 2.24) is 0 Å². The highest BCUT2D eigenvalue weighted by molar-refractivity contribution is 5.91. The van der Waals surface area contributed by atoms with E-state index in [0.717, 1.165) is 77.6 Å². The van der Waals surface area contributed by atoms with Gasteiger partial charge in [0.25, 0.3) is 0 Å². The molecule has 3 heterocycles. The van der Waals surface area contributed by atoms with E-state index in [1.54, 1.807) is 12.1 Å². The molecule has 3 unspecified atom stereocenters. The number of carbonyl (C=O) groups excluding carboxylic acids is 1. The molecule has 3 fully saturated rings. The molecule has 58 heavy (non-hydrogen) atoms. The Morgan fingerprint density at radius 2 is 0.793 bits per heavy atom. The Morgan fingerprint density at radius 1 is 0.466 bits per heavy atom. The molecule has 1 aromatic carbocycles. The summed E-state index contributed by atoms with van der Waals surface area (Å²) in [6, 6.07) is 3.11. The van der Waals surface area contributed by atoms with Crippen molar-refractivity contribution in [2.24, 2.45) is 0 Å². The minimum Gasteiger partial charge on any atom is -0.487 e. The van der Waals surface area contributed by atoms with Crippen molar-refractivity contribution in [1.29, 1.82) is 0 Å². The highest BCUT2D eigenvalue weighted by atomic mass is 16.7. The monoisotopic (exact) mass is 832 g/mol. The van der Waals surface area contributed by atoms with Gasteiger partial charge in [0.1, 0.15) is 19.8 Å². The molecule has 0 N–H and O–H groups in total. The van der Waals surface area contributed by atoms with E-state index in [1.807, 2.05) is 0 Å². The summed E-state index contributed by atoms with van der Waals surface area (Å²) in [4.78, 5) is 12.6. The maximum Gasteiger partial charge on any atom is 0.338 e. The standard InChI is InChI=1S/C41H68O17/c1-43-41(42)34-32-35(50-26-20-44-14-16-46-22-28-55-37-8-2-5-11-52-37)40(58-31-25-49-19-18-48-24-30-57-39-10-4-7-13-54-39)36(33-34)51-27-21-45-15-17-47-23-29-56-38-9-3-6-12-53-38/h32-33,37-39H,2-31H2,1H3. The van der Waals surface area contributed by atoms with Gasteiger partial charge >= 0.3 is 5.97 Å². The van der Waals surface area contributed by atoms with Gasteiger partial charge in [0.05, 0.1) is 112 Å². The smallest absolute Gasteiger partial charge is 0.338 e. The highest BCUT2D eigenvalue weighted by Crippen LogP contribution is 2.39. The summed E-state index contributed by atoms with van der Waals surface area (Å²) in [5.74, 6) is 0.340. The number of hydrogen-bond acceptors (Lipinski definition) is 17. The van der Waals surface area contributed by atoms with Crippen molar-refractivity contribution in [2.75, 3.05) is 146 Å². The van der Waals surface area contributed by atoms with Gasteiger partial charge in [-0.2, -0.15) is 0 Å². The van der Waals surface area contributed by atoms with E-state index >= 15 is 0 Å². The summed E-state index contributed by atoms with van der Waals surface area (Å²) in [5.41, 5.74) is 0.234. The zero-order chi connectivity index (χ0) is 40.6. The van der Waals surface area contributed by atoms with Gasteiger partial charge in [0, 0.05) is 19.8 Å². The Balaban J connectivity index is 1.17.